The Morgan fingerprint density at radius 3 is 1.77 bits per heavy atom. The summed E-state index contributed by atoms with van der Waals surface area (Å²) in [5.41, 5.74) is 4.67. The van der Waals surface area contributed by atoms with Crippen molar-refractivity contribution in [1.82, 2.24) is 5.32 Å². The molecule has 1 N–H and O–H groups in total. The average Bonchev–Trinajstić information content (AvgIpc) is 3.68. The monoisotopic (exact) mass is 459 g/mol. The highest BCUT2D eigenvalue weighted by Crippen LogP contribution is 2.61. The van der Waals surface area contributed by atoms with E-state index in [1.807, 2.05) is 60.7 Å². The predicted molar refractivity (Wildman–Crippen MR) is 140 cm³/mol. The van der Waals surface area contributed by atoms with Gasteiger partial charge in [0, 0.05) is 35.4 Å². The molecule has 3 nitrogen and oxygen atoms in total. The zero-order valence-corrected chi connectivity index (χ0v) is 19.8. The van der Waals surface area contributed by atoms with Crippen LogP contribution in [0.1, 0.15) is 62.1 Å². The SMILES string of the molecule is C[C@H](CNC(=O)c1cccc(C(=O)C2[C@H](c3ccccc3)[C@H]2c2ccccc2)c1)c1ccccc1. The number of hydrogen-bond donors (Lipinski definition) is 1. The van der Waals surface area contributed by atoms with Crippen molar-refractivity contribution in [1.29, 1.82) is 0 Å². The van der Waals surface area contributed by atoms with Crippen LogP contribution in [0.2, 0.25) is 0 Å². The molecule has 0 radical (unpaired) electrons. The van der Waals surface area contributed by atoms with Gasteiger partial charge in [0.05, 0.1) is 0 Å². The van der Waals surface area contributed by atoms with E-state index in [1.165, 1.54) is 16.7 Å². The van der Waals surface area contributed by atoms with Gasteiger partial charge >= 0.3 is 0 Å². The molecule has 0 aliphatic heterocycles. The predicted octanol–water partition coefficient (Wildman–Crippen LogP) is 6.60. The summed E-state index contributed by atoms with van der Waals surface area (Å²) in [4.78, 5) is 26.6. The van der Waals surface area contributed by atoms with Gasteiger partial charge in [-0.2, -0.15) is 0 Å². The van der Waals surface area contributed by atoms with Gasteiger partial charge in [0.25, 0.3) is 5.91 Å². The van der Waals surface area contributed by atoms with E-state index in [2.05, 4.69) is 48.6 Å². The number of carbonyl (C=O) groups excluding carboxylic acids is 2. The zero-order chi connectivity index (χ0) is 24.2. The highest BCUT2D eigenvalue weighted by molar-refractivity contribution is 6.04. The standard InChI is InChI=1S/C32H29NO2/c1-22(23-12-5-2-6-13-23)21-33-32(35)27-19-11-18-26(20-27)31(34)30-28(24-14-7-3-8-15-24)29(30)25-16-9-4-10-17-25/h2-20,22,28-30H,21H2,1H3,(H,33,35)/t22-,28-,29-/m1/s1. The summed E-state index contributed by atoms with van der Waals surface area (Å²) in [6, 6.07) is 37.8. The fourth-order valence-electron chi connectivity index (χ4n) is 5.07. The smallest absolute Gasteiger partial charge is 0.251 e. The van der Waals surface area contributed by atoms with E-state index in [0.29, 0.717) is 17.7 Å². The lowest BCUT2D eigenvalue weighted by molar-refractivity contribution is 0.0951. The van der Waals surface area contributed by atoms with E-state index >= 15 is 0 Å². The molecule has 35 heavy (non-hydrogen) atoms. The highest BCUT2D eigenvalue weighted by atomic mass is 16.1. The van der Waals surface area contributed by atoms with E-state index in [1.54, 1.807) is 18.2 Å². The molecule has 4 aromatic carbocycles. The van der Waals surface area contributed by atoms with Crippen LogP contribution in [0.25, 0.3) is 0 Å². The van der Waals surface area contributed by atoms with Gasteiger partial charge in [0.2, 0.25) is 0 Å². The summed E-state index contributed by atoms with van der Waals surface area (Å²) < 4.78 is 0. The first-order valence-corrected chi connectivity index (χ1v) is 12.2. The normalized spacial score (nSPS) is 19.5. The first kappa shape index (κ1) is 22.8. The summed E-state index contributed by atoms with van der Waals surface area (Å²) in [6.07, 6.45) is 0. The van der Waals surface area contributed by atoms with E-state index in [9.17, 15) is 9.59 Å². The minimum atomic E-state index is -0.155. The van der Waals surface area contributed by atoms with Gasteiger partial charge in [-0.15, -0.1) is 0 Å². The third-order valence-corrected chi connectivity index (χ3v) is 7.04. The molecule has 0 bridgehead atoms. The molecule has 0 unspecified atom stereocenters. The van der Waals surface area contributed by atoms with E-state index in [0.717, 1.165) is 0 Å². The second-order valence-electron chi connectivity index (χ2n) is 9.37. The Labute approximate surface area is 206 Å². The number of ketones is 1. The molecule has 1 fully saturated rings. The van der Waals surface area contributed by atoms with Crippen LogP contribution in [0.3, 0.4) is 0 Å². The number of hydrogen-bond acceptors (Lipinski definition) is 2. The number of rotatable bonds is 8. The third kappa shape index (κ3) is 4.95. The van der Waals surface area contributed by atoms with Crippen molar-refractivity contribution >= 4 is 11.7 Å². The van der Waals surface area contributed by atoms with Crippen molar-refractivity contribution < 1.29 is 9.59 Å². The molecule has 1 saturated carbocycles. The summed E-state index contributed by atoms with van der Waals surface area (Å²) in [7, 11) is 0. The maximum Gasteiger partial charge on any atom is 0.251 e. The highest BCUT2D eigenvalue weighted by Gasteiger charge is 2.55. The lowest BCUT2D eigenvalue weighted by Gasteiger charge is -2.13. The van der Waals surface area contributed by atoms with Crippen LogP contribution in [0.5, 0.6) is 0 Å². The number of amides is 1. The van der Waals surface area contributed by atoms with Crippen molar-refractivity contribution in [3.63, 3.8) is 0 Å². The van der Waals surface area contributed by atoms with Crippen molar-refractivity contribution in [2.75, 3.05) is 6.54 Å². The lowest BCUT2D eigenvalue weighted by atomic mass is 9.99. The molecule has 4 aromatic rings. The molecule has 0 spiro atoms. The lowest BCUT2D eigenvalue weighted by Crippen LogP contribution is -2.27. The van der Waals surface area contributed by atoms with Crippen LogP contribution in [-0.2, 0) is 0 Å². The molecule has 0 saturated heterocycles. The summed E-state index contributed by atoms with van der Waals surface area (Å²) in [6.45, 7) is 2.63. The molecule has 0 heterocycles. The first-order valence-electron chi connectivity index (χ1n) is 12.2. The molecule has 1 amide bonds. The molecule has 174 valence electrons. The van der Waals surface area contributed by atoms with E-state index in [-0.39, 0.29) is 35.4 Å². The molecular formula is C32H29NO2. The van der Waals surface area contributed by atoms with Gasteiger partial charge in [-0.25, -0.2) is 0 Å². The third-order valence-electron chi connectivity index (χ3n) is 7.04. The fraction of sp³-hybridized carbons (Fsp3) is 0.188. The van der Waals surface area contributed by atoms with Gasteiger partial charge in [0.1, 0.15) is 0 Å². The molecular weight excluding hydrogens is 430 g/mol. The van der Waals surface area contributed by atoms with Gasteiger partial charge in [-0.3, -0.25) is 9.59 Å². The van der Waals surface area contributed by atoms with Crippen molar-refractivity contribution in [3.8, 4) is 0 Å². The largest absolute Gasteiger partial charge is 0.351 e. The van der Waals surface area contributed by atoms with E-state index < -0.39 is 0 Å². The molecule has 0 aromatic heterocycles. The number of benzene rings is 4. The molecule has 3 heteroatoms. The second-order valence-corrected chi connectivity index (χ2v) is 9.37. The number of Topliss-reactive ketones (excluding diaryl/α,β-unsaturated/α-hetero) is 1. The van der Waals surface area contributed by atoms with Gasteiger partial charge < -0.3 is 5.32 Å². The molecule has 5 rings (SSSR count). The number of nitrogens with one attached hydrogen (secondary N) is 1. The van der Waals surface area contributed by atoms with Crippen molar-refractivity contribution in [2.24, 2.45) is 5.92 Å². The Bertz CT molecular complexity index is 1260. The summed E-state index contributed by atoms with van der Waals surface area (Å²) in [5, 5.41) is 3.03. The Morgan fingerprint density at radius 1 is 0.686 bits per heavy atom. The maximum atomic E-state index is 13.7. The van der Waals surface area contributed by atoms with Crippen LogP contribution < -0.4 is 5.32 Å². The zero-order valence-electron chi connectivity index (χ0n) is 19.8. The van der Waals surface area contributed by atoms with E-state index in [4.69, 9.17) is 0 Å². The Kier molecular flexibility index (Phi) is 6.58. The van der Waals surface area contributed by atoms with Gasteiger partial charge in [0.15, 0.2) is 5.78 Å². The summed E-state index contributed by atoms with van der Waals surface area (Å²) >= 11 is 0. The Balaban J connectivity index is 1.32. The van der Waals surface area contributed by atoms with Crippen LogP contribution in [0.15, 0.2) is 115 Å². The fourth-order valence-corrected chi connectivity index (χ4v) is 5.07. The molecule has 1 aliphatic rings. The van der Waals surface area contributed by atoms with Gasteiger partial charge in [-0.05, 0) is 34.7 Å². The quantitative estimate of drug-likeness (QED) is 0.302. The first-order chi connectivity index (χ1) is 17.1. The van der Waals surface area contributed by atoms with Crippen LogP contribution in [0, 0.1) is 5.92 Å². The van der Waals surface area contributed by atoms with Gasteiger partial charge in [-0.1, -0.05) is 110 Å². The Morgan fingerprint density at radius 2 is 1.20 bits per heavy atom. The van der Waals surface area contributed by atoms with Crippen molar-refractivity contribution in [3.05, 3.63) is 143 Å². The average molecular weight is 460 g/mol. The van der Waals surface area contributed by atoms with Crippen LogP contribution >= 0.6 is 0 Å². The van der Waals surface area contributed by atoms with Crippen molar-refractivity contribution in [2.45, 2.75) is 24.7 Å². The summed E-state index contributed by atoms with van der Waals surface area (Å²) in [5.74, 6) is 0.314. The molecule has 1 aliphatic carbocycles. The molecule has 3 atom stereocenters. The van der Waals surface area contributed by atoms with Crippen LogP contribution in [0.4, 0.5) is 0 Å². The maximum absolute atomic E-state index is 13.7. The number of carbonyl (C=O) groups is 2. The minimum absolute atomic E-state index is 0.0972. The minimum Gasteiger partial charge on any atom is -0.351 e. The second kappa shape index (κ2) is 10.1. The van der Waals surface area contributed by atoms with Crippen LogP contribution in [-0.4, -0.2) is 18.2 Å². The Hall–Kier alpha value is -3.98. The topological polar surface area (TPSA) is 46.2 Å².